The van der Waals surface area contributed by atoms with E-state index >= 15 is 0 Å². The summed E-state index contributed by atoms with van der Waals surface area (Å²) in [4.78, 5) is 12.5. The largest absolute Gasteiger partial charge is 0.410 e. The molecule has 2 N–H and O–H groups in total. The molecule has 0 bridgehead atoms. The normalized spacial score (nSPS) is 18.4. The number of carbonyl (C=O) groups excluding carboxylic acids is 1. The van der Waals surface area contributed by atoms with Gasteiger partial charge in [-0.3, -0.25) is 4.79 Å². The second-order valence-corrected chi connectivity index (χ2v) is 7.43. The van der Waals surface area contributed by atoms with Gasteiger partial charge in [-0.1, -0.05) is 60.2 Å². The summed E-state index contributed by atoms with van der Waals surface area (Å²) in [5.41, 5.74) is 2.63. The van der Waals surface area contributed by atoms with Crippen LogP contribution in [-0.4, -0.2) is 21.9 Å². The third kappa shape index (κ3) is 4.17. The molecule has 0 saturated carbocycles. The predicted molar refractivity (Wildman–Crippen MR) is 107 cm³/mol. The highest BCUT2D eigenvalue weighted by Gasteiger charge is 2.46. The number of rotatable bonds is 4. The fourth-order valence-electron chi connectivity index (χ4n) is 3.57. The SMILES string of the molecule is Cc1ccc([C@H]2C[C@H](C(F)(F)F)n3nc(C(=O)NCc4ccccc4)cc3N2)cc1. The van der Waals surface area contributed by atoms with Crippen molar-refractivity contribution < 1.29 is 18.0 Å². The minimum Gasteiger partial charge on any atom is -0.363 e. The Morgan fingerprint density at radius 2 is 1.87 bits per heavy atom. The molecule has 0 aliphatic carbocycles. The quantitative estimate of drug-likeness (QED) is 0.646. The van der Waals surface area contributed by atoms with Crippen molar-refractivity contribution >= 4 is 11.7 Å². The van der Waals surface area contributed by atoms with E-state index in [0.29, 0.717) is 0 Å². The van der Waals surface area contributed by atoms with Crippen molar-refractivity contribution in [3.8, 4) is 0 Å². The van der Waals surface area contributed by atoms with Gasteiger partial charge in [0.05, 0.1) is 6.04 Å². The van der Waals surface area contributed by atoms with Gasteiger partial charge in [-0.05, 0) is 18.1 Å². The van der Waals surface area contributed by atoms with Gasteiger partial charge >= 0.3 is 6.18 Å². The van der Waals surface area contributed by atoms with Crippen LogP contribution in [0.2, 0.25) is 0 Å². The van der Waals surface area contributed by atoms with Gasteiger partial charge in [0.2, 0.25) is 0 Å². The summed E-state index contributed by atoms with van der Waals surface area (Å²) < 4.78 is 42.2. The number of benzene rings is 2. The Hall–Kier alpha value is -3.29. The maximum absolute atomic E-state index is 13.8. The number of hydrogen-bond donors (Lipinski definition) is 2. The summed E-state index contributed by atoms with van der Waals surface area (Å²) in [7, 11) is 0. The van der Waals surface area contributed by atoms with Gasteiger partial charge in [0.1, 0.15) is 5.82 Å². The lowest BCUT2D eigenvalue weighted by atomic mass is 9.96. The third-order valence-corrected chi connectivity index (χ3v) is 5.20. The Balaban J connectivity index is 1.58. The van der Waals surface area contributed by atoms with E-state index in [0.717, 1.165) is 21.4 Å². The molecule has 0 unspecified atom stereocenters. The predicted octanol–water partition coefficient (Wildman–Crippen LogP) is 4.78. The summed E-state index contributed by atoms with van der Waals surface area (Å²) in [5.74, 6) is -0.339. The summed E-state index contributed by atoms with van der Waals surface area (Å²) in [6, 6.07) is 15.7. The van der Waals surface area contributed by atoms with E-state index < -0.39 is 24.2 Å². The zero-order valence-corrected chi connectivity index (χ0v) is 16.3. The highest BCUT2D eigenvalue weighted by Crippen LogP contribution is 2.43. The van der Waals surface area contributed by atoms with E-state index in [4.69, 9.17) is 0 Å². The number of amides is 1. The molecule has 0 saturated heterocycles. The second kappa shape index (κ2) is 7.85. The molecule has 1 aromatic heterocycles. The number of anilines is 1. The minimum absolute atomic E-state index is 0.0489. The highest BCUT2D eigenvalue weighted by molar-refractivity contribution is 5.93. The topological polar surface area (TPSA) is 59.0 Å². The van der Waals surface area contributed by atoms with Crippen molar-refractivity contribution in [2.45, 2.75) is 38.1 Å². The lowest BCUT2D eigenvalue weighted by Gasteiger charge is -2.33. The molecule has 0 fully saturated rings. The van der Waals surface area contributed by atoms with Gasteiger partial charge in [-0.15, -0.1) is 0 Å². The third-order valence-electron chi connectivity index (χ3n) is 5.20. The van der Waals surface area contributed by atoms with Crippen molar-refractivity contribution in [2.24, 2.45) is 0 Å². The highest BCUT2D eigenvalue weighted by atomic mass is 19.4. The van der Waals surface area contributed by atoms with Gasteiger partial charge in [-0.25, -0.2) is 4.68 Å². The van der Waals surface area contributed by atoms with Gasteiger partial charge in [0.25, 0.3) is 5.91 Å². The van der Waals surface area contributed by atoms with Crippen LogP contribution < -0.4 is 10.6 Å². The number of fused-ring (bicyclic) bond motifs is 1. The molecule has 0 radical (unpaired) electrons. The summed E-state index contributed by atoms with van der Waals surface area (Å²) in [5, 5.41) is 9.78. The van der Waals surface area contributed by atoms with Crippen LogP contribution in [0.3, 0.4) is 0 Å². The zero-order valence-electron chi connectivity index (χ0n) is 16.3. The van der Waals surface area contributed by atoms with Crippen LogP contribution in [0, 0.1) is 6.92 Å². The van der Waals surface area contributed by atoms with Crippen molar-refractivity contribution in [2.75, 3.05) is 5.32 Å². The van der Waals surface area contributed by atoms with E-state index in [9.17, 15) is 18.0 Å². The average molecular weight is 414 g/mol. The smallest absolute Gasteiger partial charge is 0.363 e. The molecule has 1 aliphatic rings. The van der Waals surface area contributed by atoms with Gasteiger partial charge in [0.15, 0.2) is 11.7 Å². The Labute approximate surface area is 171 Å². The lowest BCUT2D eigenvalue weighted by Crippen LogP contribution is -2.35. The van der Waals surface area contributed by atoms with Crippen LogP contribution in [0.15, 0.2) is 60.7 Å². The Kier molecular flexibility index (Phi) is 5.24. The van der Waals surface area contributed by atoms with Crippen LogP contribution in [0.1, 0.15) is 45.7 Å². The first-order valence-corrected chi connectivity index (χ1v) is 9.63. The number of alkyl halides is 3. The maximum Gasteiger partial charge on any atom is 0.410 e. The van der Waals surface area contributed by atoms with Crippen LogP contribution in [0.25, 0.3) is 0 Å². The van der Waals surface area contributed by atoms with E-state index in [2.05, 4.69) is 15.7 Å². The van der Waals surface area contributed by atoms with E-state index in [1.807, 2.05) is 61.5 Å². The number of aryl methyl sites for hydroxylation is 1. The number of carbonyl (C=O) groups is 1. The monoisotopic (exact) mass is 414 g/mol. The molecule has 2 atom stereocenters. The number of hydrogen-bond acceptors (Lipinski definition) is 3. The van der Waals surface area contributed by atoms with Gasteiger partial charge < -0.3 is 10.6 Å². The molecule has 5 nitrogen and oxygen atoms in total. The fourth-order valence-corrected chi connectivity index (χ4v) is 3.57. The lowest BCUT2D eigenvalue weighted by molar-refractivity contribution is -0.173. The van der Waals surface area contributed by atoms with Crippen LogP contribution >= 0.6 is 0 Å². The number of nitrogens with zero attached hydrogens (tertiary/aromatic N) is 2. The van der Waals surface area contributed by atoms with Gasteiger partial charge in [-0.2, -0.15) is 18.3 Å². The first kappa shape index (κ1) is 20.0. The molecule has 1 aliphatic heterocycles. The van der Waals surface area contributed by atoms with E-state index in [-0.39, 0.29) is 24.5 Å². The Bertz CT molecular complexity index is 1030. The first-order valence-electron chi connectivity index (χ1n) is 9.63. The summed E-state index contributed by atoms with van der Waals surface area (Å²) in [6.07, 6.45) is -4.68. The number of aromatic nitrogens is 2. The molecule has 1 amide bonds. The van der Waals surface area contributed by atoms with E-state index in [1.54, 1.807) is 0 Å². The molecular formula is C22H21F3N4O. The molecule has 2 aromatic carbocycles. The molecule has 156 valence electrons. The van der Waals surface area contributed by atoms with Crippen LogP contribution in [-0.2, 0) is 6.54 Å². The van der Waals surface area contributed by atoms with Crippen molar-refractivity contribution in [1.82, 2.24) is 15.1 Å². The van der Waals surface area contributed by atoms with Crippen molar-refractivity contribution in [3.63, 3.8) is 0 Å². The van der Waals surface area contributed by atoms with Crippen LogP contribution in [0.4, 0.5) is 19.0 Å². The molecule has 3 aromatic rings. The van der Waals surface area contributed by atoms with Crippen LogP contribution in [0.5, 0.6) is 0 Å². The number of halogens is 3. The Morgan fingerprint density at radius 1 is 1.17 bits per heavy atom. The maximum atomic E-state index is 13.8. The molecular weight excluding hydrogens is 393 g/mol. The standard InChI is InChI=1S/C22H21F3N4O/c1-14-7-9-16(10-8-14)17-11-19(22(23,24)25)29-20(27-17)12-18(28-29)21(30)26-13-15-5-3-2-4-6-15/h2-10,12,17,19,27H,11,13H2,1H3,(H,26,30)/t17-,19-/m1/s1. The van der Waals surface area contributed by atoms with E-state index in [1.165, 1.54) is 6.07 Å². The fraction of sp³-hybridized carbons (Fsp3) is 0.273. The molecule has 2 heterocycles. The second-order valence-electron chi connectivity index (χ2n) is 7.43. The van der Waals surface area contributed by atoms with Gasteiger partial charge in [0, 0.05) is 19.0 Å². The summed E-state index contributed by atoms with van der Waals surface area (Å²) in [6.45, 7) is 2.19. The molecule has 4 rings (SSSR count). The average Bonchev–Trinajstić information content (AvgIpc) is 3.16. The molecule has 8 heteroatoms. The summed E-state index contributed by atoms with van der Waals surface area (Å²) >= 11 is 0. The molecule has 30 heavy (non-hydrogen) atoms. The van der Waals surface area contributed by atoms with Crippen molar-refractivity contribution in [1.29, 1.82) is 0 Å². The number of nitrogens with one attached hydrogen (secondary N) is 2. The Morgan fingerprint density at radius 3 is 2.53 bits per heavy atom. The zero-order chi connectivity index (χ0) is 21.3. The van der Waals surface area contributed by atoms with Crippen molar-refractivity contribution in [3.05, 3.63) is 83.0 Å². The molecule has 0 spiro atoms. The first-order chi connectivity index (χ1) is 14.3. The minimum atomic E-state index is -4.48.